The van der Waals surface area contributed by atoms with Crippen LogP contribution in [0, 0.1) is 13.8 Å². The van der Waals surface area contributed by atoms with Crippen LogP contribution in [0.15, 0.2) is 48.5 Å². The van der Waals surface area contributed by atoms with Crippen LogP contribution in [-0.4, -0.2) is 15.7 Å². The van der Waals surface area contributed by atoms with E-state index in [1.54, 1.807) is 6.07 Å². The smallest absolute Gasteiger partial charge is 0.224 e. The molecule has 0 saturated carbocycles. The van der Waals surface area contributed by atoms with Crippen molar-refractivity contribution < 1.29 is 4.79 Å². The molecule has 29 heavy (non-hydrogen) atoms. The summed E-state index contributed by atoms with van der Waals surface area (Å²) in [6.07, 6.45) is 1.06. The maximum absolute atomic E-state index is 12.4. The molecule has 2 aromatic carbocycles. The van der Waals surface area contributed by atoms with Crippen molar-refractivity contribution in [3.05, 3.63) is 76.1 Å². The molecule has 0 aliphatic carbocycles. The standard InChI is InChI=1S/C23H27ClN4O/c1-15(18-8-6-5-7-9-18)25-22-12-10-19(14-21(22)24)26-23(29)13-11-20-16(2)27-28(4)17(20)3/h5-10,12,14-15,25H,11,13H2,1-4H3,(H,26,29). The third kappa shape index (κ3) is 5.18. The Bertz CT molecular complexity index is 998. The van der Waals surface area contributed by atoms with Gasteiger partial charge in [-0.1, -0.05) is 41.9 Å². The van der Waals surface area contributed by atoms with Crippen LogP contribution in [0.2, 0.25) is 5.02 Å². The summed E-state index contributed by atoms with van der Waals surface area (Å²) in [5, 5.41) is 11.3. The zero-order valence-electron chi connectivity index (χ0n) is 17.3. The monoisotopic (exact) mass is 410 g/mol. The number of benzene rings is 2. The number of rotatable bonds is 7. The highest BCUT2D eigenvalue weighted by molar-refractivity contribution is 6.33. The van der Waals surface area contributed by atoms with Gasteiger partial charge in [-0.25, -0.2) is 0 Å². The van der Waals surface area contributed by atoms with Crippen LogP contribution in [0.1, 0.15) is 41.9 Å². The fraction of sp³-hybridized carbons (Fsp3) is 0.304. The van der Waals surface area contributed by atoms with Gasteiger partial charge in [-0.3, -0.25) is 9.48 Å². The number of hydrogen-bond acceptors (Lipinski definition) is 3. The van der Waals surface area contributed by atoms with Crippen LogP contribution < -0.4 is 10.6 Å². The number of nitrogens with one attached hydrogen (secondary N) is 2. The van der Waals surface area contributed by atoms with Crippen molar-refractivity contribution in [2.24, 2.45) is 7.05 Å². The first kappa shape index (κ1) is 20.9. The Morgan fingerprint density at radius 2 is 1.90 bits per heavy atom. The molecule has 5 nitrogen and oxygen atoms in total. The molecule has 0 radical (unpaired) electrons. The summed E-state index contributed by atoms with van der Waals surface area (Å²) < 4.78 is 1.85. The summed E-state index contributed by atoms with van der Waals surface area (Å²) in [6.45, 7) is 6.08. The molecule has 0 spiro atoms. The van der Waals surface area contributed by atoms with Gasteiger partial charge in [0, 0.05) is 30.9 Å². The Labute approximate surface area is 177 Å². The summed E-state index contributed by atoms with van der Waals surface area (Å²) in [4.78, 5) is 12.4. The molecule has 0 bridgehead atoms. The summed E-state index contributed by atoms with van der Waals surface area (Å²) in [5.41, 5.74) is 5.92. The molecular formula is C23H27ClN4O. The summed E-state index contributed by atoms with van der Waals surface area (Å²) in [5.74, 6) is -0.0397. The van der Waals surface area contributed by atoms with E-state index in [1.807, 2.05) is 55.9 Å². The average molecular weight is 411 g/mol. The molecule has 1 amide bonds. The second-order valence-electron chi connectivity index (χ2n) is 7.29. The number of aryl methyl sites for hydroxylation is 2. The van der Waals surface area contributed by atoms with Gasteiger partial charge in [0.25, 0.3) is 0 Å². The van der Waals surface area contributed by atoms with Gasteiger partial charge in [0.15, 0.2) is 0 Å². The number of carbonyl (C=O) groups excluding carboxylic acids is 1. The Morgan fingerprint density at radius 1 is 1.17 bits per heavy atom. The Kier molecular flexibility index (Phi) is 6.60. The fourth-order valence-corrected chi connectivity index (χ4v) is 3.64. The predicted molar refractivity (Wildman–Crippen MR) is 120 cm³/mol. The fourth-order valence-electron chi connectivity index (χ4n) is 3.41. The number of nitrogens with zero attached hydrogens (tertiary/aromatic N) is 2. The van der Waals surface area contributed by atoms with E-state index in [9.17, 15) is 4.79 Å². The second kappa shape index (κ2) is 9.14. The van der Waals surface area contributed by atoms with E-state index < -0.39 is 0 Å². The molecule has 1 aromatic heterocycles. The molecule has 2 N–H and O–H groups in total. The molecule has 152 valence electrons. The number of halogens is 1. The van der Waals surface area contributed by atoms with Crippen molar-refractivity contribution in [2.45, 2.75) is 39.7 Å². The van der Waals surface area contributed by atoms with Crippen molar-refractivity contribution >= 4 is 28.9 Å². The number of amides is 1. The first-order chi connectivity index (χ1) is 13.8. The van der Waals surface area contributed by atoms with Gasteiger partial charge < -0.3 is 10.6 Å². The van der Waals surface area contributed by atoms with Crippen LogP contribution in [-0.2, 0) is 18.3 Å². The zero-order valence-corrected chi connectivity index (χ0v) is 18.0. The van der Waals surface area contributed by atoms with E-state index >= 15 is 0 Å². The molecule has 0 fully saturated rings. The molecule has 6 heteroatoms. The Hall–Kier alpha value is -2.79. The lowest BCUT2D eigenvalue weighted by atomic mass is 10.1. The largest absolute Gasteiger partial charge is 0.377 e. The van der Waals surface area contributed by atoms with E-state index in [0.29, 0.717) is 23.6 Å². The number of hydrogen-bond donors (Lipinski definition) is 2. The minimum atomic E-state index is -0.0397. The topological polar surface area (TPSA) is 59.0 Å². The van der Waals surface area contributed by atoms with Crippen LogP contribution >= 0.6 is 11.6 Å². The molecular weight excluding hydrogens is 384 g/mol. The molecule has 0 aliphatic heterocycles. The van der Waals surface area contributed by atoms with Gasteiger partial charge in [-0.2, -0.15) is 5.10 Å². The van der Waals surface area contributed by atoms with Gasteiger partial charge >= 0.3 is 0 Å². The van der Waals surface area contributed by atoms with Crippen LogP contribution in [0.25, 0.3) is 0 Å². The van der Waals surface area contributed by atoms with Crippen LogP contribution in [0.5, 0.6) is 0 Å². The average Bonchev–Trinajstić information content (AvgIpc) is 2.94. The quantitative estimate of drug-likeness (QED) is 0.545. The van der Waals surface area contributed by atoms with Crippen molar-refractivity contribution in [1.82, 2.24) is 9.78 Å². The van der Waals surface area contributed by atoms with E-state index in [0.717, 1.165) is 22.6 Å². The minimum Gasteiger partial charge on any atom is -0.377 e. The number of aromatic nitrogens is 2. The Morgan fingerprint density at radius 3 is 2.52 bits per heavy atom. The van der Waals surface area contributed by atoms with Gasteiger partial charge in [-0.05, 0) is 56.5 Å². The molecule has 3 aromatic rings. The number of anilines is 2. The van der Waals surface area contributed by atoms with Gasteiger partial charge in [0.05, 0.1) is 16.4 Å². The van der Waals surface area contributed by atoms with Crippen molar-refractivity contribution in [3.8, 4) is 0 Å². The predicted octanol–water partition coefficient (Wildman–Crippen LogP) is 5.43. The number of carbonyl (C=O) groups is 1. The lowest BCUT2D eigenvalue weighted by molar-refractivity contribution is -0.116. The second-order valence-corrected chi connectivity index (χ2v) is 7.70. The third-order valence-electron chi connectivity index (χ3n) is 5.19. The van der Waals surface area contributed by atoms with Gasteiger partial charge in [0.1, 0.15) is 0 Å². The molecule has 1 unspecified atom stereocenters. The molecule has 0 saturated heterocycles. The lowest BCUT2D eigenvalue weighted by Gasteiger charge is -2.17. The maximum Gasteiger partial charge on any atom is 0.224 e. The maximum atomic E-state index is 12.4. The third-order valence-corrected chi connectivity index (χ3v) is 5.50. The molecule has 1 atom stereocenters. The van der Waals surface area contributed by atoms with Crippen molar-refractivity contribution in [1.29, 1.82) is 0 Å². The first-order valence-electron chi connectivity index (χ1n) is 9.75. The van der Waals surface area contributed by atoms with E-state index in [1.165, 1.54) is 5.56 Å². The molecule has 3 rings (SSSR count). The van der Waals surface area contributed by atoms with Crippen molar-refractivity contribution in [2.75, 3.05) is 10.6 Å². The highest BCUT2D eigenvalue weighted by atomic mass is 35.5. The van der Waals surface area contributed by atoms with Crippen LogP contribution in [0.3, 0.4) is 0 Å². The van der Waals surface area contributed by atoms with E-state index in [-0.39, 0.29) is 11.9 Å². The van der Waals surface area contributed by atoms with Crippen LogP contribution in [0.4, 0.5) is 11.4 Å². The summed E-state index contributed by atoms with van der Waals surface area (Å²) in [6, 6.07) is 15.8. The minimum absolute atomic E-state index is 0.0397. The lowest BCUT2D eigenvalue weighted by Crippen LogP contribution is -2.13. The molecule has 1 heterocycles. The van der Waals surface area contributed by atoms with Gasteiger partial charge in [0.2, 0.25) is 5.91 Å². The Balaban J connectivity index is 1.59. The van der Waals surface area contributed by atoms with E-state index in [4.69, 9.17) is 11.6 Å². The van der Waals surface area contributed by atoms with E-state index in [2.05, 4.69) is 34.8 Å². The summed E-state index contributed by atoms with van der Waals surface area (Å²) >= 11 is 6.44. The van der Waals surface area contributed by atoms with Crippen molar-refractivity contribution in [3.63, 3.8) is 0 Å². The normalized spacial score (nSPS) is 11.9. The zero-order chi connectivity index (χ0) is 21.0. The summed E-state index contributed by atoms with van der Waals surface area (Å²) in [7, 11) is 1.92. The first-order valence-corrected chi connectivity index (χ1v) is 10.1. The highest BCUT2D eigenvalue weighted by Gasteiger charge is 2.13. The highest BCUT2D eigenvalue weighted by Crippen LogP contribution is 2.29. The SMILES string of the molecule is Cc1nn(C)c(C)c1CCC(=O)Nc1ccc(NC(C)c2ccccc2)c(Cl)c1. The molecule has 0 aliphatic rings. The van der Waals surface area contributed by atoms with Gasteiger partial charge in [-0.15, -0.1) is 0 Å².